The van der Waals surface area contributed by atoms with Crippen LogP contribution in [0.5, 0.6) is 0 Å². The lowest BCUT2D eigenvalue weighted by molar-refractivity contribution is 0.253. The van der Waals surface area contributed by atoms with Gasteiger partial charge in [-0.25, -0.2) is 0 Å². The van der Waals surface area contributed by atoms with Crippen LogP contribution >= 0.6 is 15.9 Å². The standard InChI is InChI=1S/C16H23BrN2/c1-19-8-5-12(10-19)14-4-3-13(9-15(14)17)16(11-18)6-2-7-16/h3-4,9,12H,2,5-8,10-11,18H2,1H3. The molecule has 104 valence electrons. The van der Waals surface area contributed by atoms with Crippen LogP contribution in [0.25, 0.3) is 0 Å². The van der Waals surface area contributed by atoms with Crippen LogP contribution in [0.3, 0.4) is 0 Å². The van der Waals surface area contributed by atoms with Crippen LogP contribution in [0.15, 0.2) is 22.7 Å². The fourth-order valence-corrected chi connectivity index (χ4v) is 4.29. The fraction of sp³-hybridized carbons (Fsp3) is 0.625. The predicted octanol–water partition coefficient (Wildman–Crippen LogP) is 3.25. The van der Waals surface area contributed by atoms with Gasteiger partial charge < -0.3 is 10.6 Å². The molecule has 2 nitrogen and oxygen atoms in total. The predicted molar refractivity (Wildman–Crippen MR) is 83.6 cm³/mol. The first kappa shape index (κ1) is 13.6. The van der Waals surface area contributed by atoms with Gasteiger partial charge in [-0.05, 0) is 56.0 Å². The largest absolute Gasteiger partial charge is 0.330 e. The molecule has 1 atom stereocenters. The summed E-state index contributed by atoms with van der Waals surface area (Å²) in [5, 5.41) is 0. The highest BCUT2D eigenvalue weighted by Gasteiger charge is 2.37. The van der Waals surface area contributed by atoms with Crippen LogP contribution in [0.2, 0.25) is 0 Å². The number of rotatable bonds is 3. The normalized spacial score (nSPS) is 26.4. The van der Waals surface area contributed by atoms with Crippen molar-refractivity contribution in [3.8, 4) is 0 Å². The number of hydrogen-bond donors (Lipinski definition) is 1. The van der Waals surface area contributed by atoms with E-state index >= 15 is 0 Å². The summed E-state index contributed by atoms with van der Waals surface area (Å²) in [4.78, 5) is 2.42. The number of likely N-dealkylation sites (N-methyl/N-ethyl adjacent to an activating group) is 1. The molecule has 2 aliphatic rings. The SMILES string of the molecule is CN1CCC(c2ccc(C3(CN)CCC3)cc2Br)C1. The van der Waals surface area contributed by atoms with E-state index < -0.39 is 0 Å². The zero-order valence-corrected chi connectivity index (χ0v) is 13.2. The topological polar surface area (TPSA) is 29.3 Å². The highest BCUT2D eigenvalue weighted by atomic mass is 79.9. The van der Waals surface area contributed by atoms with E-state index in [9.17, 15) is 0 Å². The molecule has 3 rings (SSSR count). The molecule has 0 aromatic heterocycles. The van der Waals surface area contributed by atoms with Gasteiger partial charge >= 0.3 is 0 Å². The highest BCUT2D eigenvalue weighted by Crippen LogP contribution is 2.44. The second kappa shape index (κ2) is 5.19. The van der Waals surface area contributed by atoms with Crippen molar-refractivity contribution < 1.29 is 0 Å². The molecule has 1 saturated carbocycles. The molecular weight excluding hydrogens is 300 g/mol. The van der Waals surface area contributed by atoms with Gasteiger partial charge in [0, 0.05) is 23.0 Å². The van der Waals surface area contributed by atoms with Gasteiger partial charge in [-0.3, -0.25) is 0 Å². The zero-order valence-electron chi connectivity index (χ0n) is 11.7. The summed E-state index contributed by atoms with van der Waals surface area (Å²) in [7, 11) is 2.21. The molecule has 19 heavy (non-hydrogen) atoms. The number of nitrogens with zero attached hydrogens (tertiary/aromatic N) is 1. The second-order valence-corrected chi connectivity index (χ2v) is 7.18. The van der Waals surface area contributed by atoms with Crippen molar-refractivity contribution in [3.63, 3.8) is 0 Å². The van der Waals surface area contributed by atoms with Crippen LogP contribution in [0.1, 0.15) is 42.7 Å². The monoisotopic (exact) mass is 322 g/mol. The Kier molecular flexibility index (Phi) is 3.71. The summed E-state index contributed by atoms with van der Waals surface area (Å²) in [6.07, 6.45) is 5.10. The lowest BCUT2D eigenvalue weighted by Crippen LogP contribution is -2.41. The first-order valence-electron chi connectivity index (χ1n) is 7.33. The van der Waals surface area contributed by atoms with Gasteiger partial charge in [0.2, 0.25) is 0 Å². The Labute approximate surface area is 124 Å². The van der Waals surface area contributed by atoms with E-state index in [1.165, 1.54) is 54.4 Å². The van der Waals surface area contributed by atoms with Crippen LogP contribution in [-0.4, -0.2) is 31.6 Å². The second-order valence-electron chi connectivity index (χ2n) is 6.32. The zero-order chi connectivity index (χ0) is 13.5. The Morgan fingerprint density at radius 2 is 2.21 bits per heavy atom. The Morgan fingerprint density at radius 3 is 2.68 bits per heavy atom. The lowest BCUT2D eigenvalue weighted by Gasteiger charge is -2.41. The van der Waals surface area contributed by atoms with Gasteiger partial charge in [0.05, 0.1) is 0 Å². The number of benzene rings is 1. The maximum atomic E-state index is 6.01. The third-order valence-corrected chi connectivity index (χ3v) is 5.83. The molecule has 3 heteroatoms. The third kappa shape index (κ3) is 2.37. The van der Waals surface area contributed by atoms with Crippen molar-refractivity contribution in [2.45, 2.75) is 37.0 Å². The van der Waals surface area contributed by atoms with E-state index in [1.807, 2.05) is 0 Å². The van der Waals surface area contributed by atoms with Crippen molar-refractivity contribution in [2.24, 2.45) is 5.73 Å². The molecule has 2 fully saturated rings. The number of hydrogen-bond acceptors (Lipinski definition) is 2. The van der Waals surface area contributed by atoms with Gasteiger partial charge in [-0.2, -0.15) is 0 Å². The summed E-state index contributed by atoms with van der Waals surface area (Å²) >= 11 is 3.79. The van der Waals surface area contributed by atoms with E-state index in [4.69, 9.17) is 5.73 Å². The average Bonchev–Trinajstić information content (AvgIpc) is 2.75. The minimum atomic E-state index is 0.271. The van der Waals surface area contributed by atoms with Crippen LogP contribution in [0, 0.1) is 0 Å². The van der Waals surface area contributed by atoms with E-state index in [-0.39, 0.29) is 5.41 Å². The minimum absolute atomic E-state index is 0.271. The molecule has 0 radical (unpaired) electrons. The van der Waals surface area contributed by atoms with Gasteiger partial charge in [-0.15, -0.1) is 0 Å². The summed E-state index contributed by atoms with van der Waals surface area (Å²) in [6.45, 7) is 3.18. The first-order valence-corrected chi connectivity index (χ1v) is 8.12. The Hall–Kier alpha value is -0.380. The Morgan fingerprint density at radius 1 is 1.42 bits per heavy atom. The highest BCUT2D eigenvalue weighted by molar-refractivity contribution is 9.10. The molecule has 2 N–H and O–H groups in total. The molecular formula is C16H23BrN2. The molecule has 0 bridgehead atoms. The quantitative estimate of drug-likeness (QED) is 0.925. The van der Waals surface area contributed by atoms with Crippen LogP contribution in [-0.2, 0) is 5.41 Å². The summed E-state index contributed by atoms with van der Waals surface area (Å²) in [5.41, 5.74) is 9.18. The molecule has 1 aromatic carbocycles. The molecule has 0 spiro atoms. The molecule has 1 aliphatic carbocycles. The van der Waals surface area contributed by atoms with Crippen LogP contribution < -0.4 is 5.73 Å². The molecule has 1 heterocycles. The van der Waals surface area contributed by atoms with Crippen molar-refractivity contribution in [1.29, 1.82) is 0 Å². The molecule has 1 aromatic rings. The molecule has 0 amide bonds. The first-order chi connectivity index (χ1) is 9.14. The fourth-order valence-electron chi connectivity index (χ4n) is 3.59. The van der Waals surface area contributed by atoms with E-state index in [2.05, 4.69) is 46.1 Å². The van der Waals surface area contributed by atoms with E-state index in [1.54, 1.807) is 0 Å². The maximum absolute atomic E-state index is 6.01. The van der Waals surface area contributed by atoms with E-state index in [0.29, 0.717) is 5.92 Å². The van der Waals surface area contributed by atoms with Gasteiger partial charge in [0.25, 0.3) is 0 Å². The maximum Gasteiger partial charge on any atom is 0.0213 e. The van der Waals surface area contributed by atoms with E-state index in [0.717, 1.165) is 6.54 Å². The Balaban J connectivity index is 1.86. The minimum Gasteiger partial charge on any atom is -0.330 e. The van der Waals surface area contributed by atoms with Crippen molar-refractivity contribution in [1.82, 2.24) is 4.90 Å². The van der Waals surface area contributed by atoms with Gasteiger partial charge in [-0.1, -0.05) is 34.5 Å². The Bertz CT molecular complexity index is 462. The molecule has 1 aliphatic heterocycles. The van der Waals surface area contributed by atoms with Crippen molar-refractivity contribution in [3.05, 3.63) is 33.8 Å². The van der Waals surface area contributed by atoms with Gasteiger partial charge in [0.1, 0.15) is 0 Å². The number of likely N-dealkylation sites (tertiary alicyclic amines) is 1. The number of halogens is 1. The summed E-state index contributed by atoms with van der Waals surface area (Å²) in [5.74, 6) is 0.684. The number of nitrogens with two attached hydrogens (primary N) is 1. The smallest absolute Gasteiger partial charge is 0.0213 e. The van der Waals surface area contributed by atoms with Crippen molar-refractivity contribution >= 4 is 15.9 Å². The lowest BCUT2D eigenvalue weighted by atomic mass is 9.64. The molecule has 1 unspecified atom stereocenters. The third-order valence-electron chi connectivity index (χ3n) is 5.15. The van der Waals surface area contributed by atoms with Crippen molar-refractivity contribution in [2.75, 3.05) is 26.7 Å². The van der Waals surface area contributed by atoms with Crippen LogP contribution in [0.4, 0.5) is 0 Å². The average molecular weight is 323 g/mol. The van der Waals surface area contributed by atoms with Gasteiger partial charge in [0.15, 0.2) is 0 Å². The summed E-state index contributed by atoms with van der Waals surface area (Å²) < 4.78 is 1.28. The molecule has 1 saturated heterocycles. The summed E-state index contributed by atoms with van der Waals surface area (Å²) in [6, 6.07) is 6.99.